The Balaban J connectivity index is 1.48. The van der Waals surface area contributed by atoms with Gasteiger partial charge < -0.3 is 4.90 Å². The number of carbonyl (C=O) groups excluding carboxylic acids is 1. The normalized spacial score (nSPS) is 16.0. The number of rotatable bonds is 8. The van der Waals surface area contributed by atoms with E-state index in [0.29, 0.717) is 23.5 Å². The van der Waals surface area contributed by atoms with Crippen molar-refractivity contribution < 1.29 is 9.18 Å². The highest BCUT2D eigenvalue weighted by Gasteiger charge is 2.33. The highest BCUT2D eigenvalue weighted by Crippen LogP contribution is 2.29. The van der Waals surface area contributed by atoms with Crippen LogP contribution in [-0.2, 0) is 19.5 Å². The number of benzene rings is 1. The number of hydrogen-bond acceptors (Lipinski definition) is 4. The molecule has 1 unspecified atom stereocenters. The van der Waals surface area contributed by atoms with Crippen LogP contribution in [0.15, 0.2) is 41.1 Å². The first-order valence-electron chi connectivity index (χ1n) is 12.2. The number of likely N-dealkylation sites (tertiary alicyclic amines) is 1. The fourth-order valence-electron chi connectivity index (χ4n) is 5.24. The summed E-state index contributed by atoms with van der Waals surface area (Å²) in [4.78, 5) is 17.5. The van der Waals surface area contributed by atoms with Crippen LogP contribution in [0.4, 0.5) is 4.39 Å². The zero-order valence-electron chi connectivity index (χ0n) is 20.6. The Bertz CT molecular complexity index is 1100. The minimum absolute atomic E-state index is 0.0169. The lowest BCUT2D eigenvalue weighted by atomic mass is 9.84. The van der Waals surface area contributed by atoms with Crippen molar-refractivity contribution >= 4 is 17.2 Å². The van der Waals surface area contributed by atoms with Gasteiger partial charge in [-0.2, -0.15) is 16.4 Å². The van der Waals surface area contributed by atoms with E-state index in [2.05, 4.69) is 35.5 Å². The number of piperidine rings is 1. The van der Waals surface area contributed by atoms with Crippen molar-refractivity contribution in [2.45, 2.75) is 59.2 Å². The number of hydrogen-bond donors (Lipinski definition) is 0. The van der Waals surface area contributed by atoms with Crippen LogP contribution in [0.2, 0.25) is 0 Å². The van der Waals surface area contributed by atoms with E-state index in [9.17, 15) is 9.18 Å². The fourth-order valence-corrected chi connectivity index (χ4v) is 5.87. The number of amides is 1. The second-order valence-corrected chi connectivity index (χ2v) is 10.1. The van der Waals surface area contributed by atoms with Crippen LogP contribution in [0.25, 0.3) is 0 Å². The van der Waals surface area contributed by atoms with Gasteiger partial charge in [-0.05, 0) is 82.1 Å². The standard InChI is InChI=1S/C27H35FN4OS/c1-5-32-20(3)24(19(2)29-32)17-31-13-10-21(11-14-31)26(16-22-8-6-7-9-25(22)28)30(4)27(33)23-12-15-34-18-23/h6-9,12,15,18,21,26H,5,10-11,13-14,16-17H2,1-4H3. The molecule has 1 atom stereocenters. The SMILES string of the molecule is CCn1nc(C)c(CN2CCC(C(Cc3ccccc3F)N(C)C(=O)c3ccsc3)CC2)c1C. The zero-order chi connectivity index (χ0) is 24.2. The van der Waals surface area contributed by atoms with Crippen LogP contribution in [0, 0.1) is 25.6 Å². The predicted molar refractivity (Wildman–Crippen MR) is 136 cm³/mol. The van der Waals surface area contributed by atoms with Crippen LogP contribution in [-0.4, -0.2) is 51.7 Å². The smallest absolute Gasteiger partial charge is 0.254 e. The molecular formula is C27H35FN4OS. The van der Waals surface area contributed by atoms with Crippen LogP contribution in [0.1, 0.15) is 52.6 Å². The van der Waals surface area contributed by atoms with Crippen molar-refractivity contribution in [3.8, 4) is 0 Å². The molecule has 1 amide bonds. The lowest BCUT2D eigenvalue weighted by molar-refractivity contribution is 0.0583. The molecule has 0 spiro atoms. The molecule has 7 heteroatoms. The average molecular weight is 483 g/mol. The van der Waals surface area contributed by atoms with Crippen molar-refractivity contribution in [2.75, 3.05) is 20.1 Å². The summed E-state index contributed by atoms with van der Waals surface area (Å²) in [7, 11) is 1.88. The van der Waals surface area contributed by atoms with Gasteiger partial charge in [0, 0.05) is 42.8 Å². The maximum absolute atomic E-state index is 14.5. The summed E-state index contributed by atoms with van der Waals surface area (Å²) in [5.41, 5.74) is 5.08. The Morgan fingerprint density at radius 2 is 1.97 bits per heavy atom. The van der Waals surface area contributed by atoms with Gasteiger partial charge in [0.1, 0.15) is 5.82 Å². The first kappa shape index (κ1) is 24.6. The molecule has 1 fully saturated rings. The summed E-state index contributed by atoms with van der Waals surface area (Å²) < 4.78 is 16.6. The van der Waals surface area contributed by atoms with Crippen LogP contribution in [0.5, 0.6) is 0 Å². The Kier molecular flexibility index (Phi) is 7.84. The largest absolute Gasteiger partial charge is 0.338 e. The average Bonchev–Trinajstić information content (AvgIpc) is 3.48. The summed E-state index contributed by atoms with van der Waals surface area (Å²) in [6.45, 7) is 10.1. The molecule has 0 radical (unpaired) electrons. The van der Waals surface area contributed by atoms with E-state index in [1.54, 1.807) is 6.07 Å². The maximum Gasteiger partial charge on any atom is 0.254 e. The number of carbonyl (C=O) groups is 1. The number of nitrogens with zero attached hydrogens (tertiary/aromatic N) is 4. The molecule has 0 saturated carbocycles. The molecule has 1 saturated heterocycles. The molecule has 3 aromatic rings. The van der Waals surface area contributed by atoms with Crippen molar-refractivity contribution in [1.82, 2.24) is 19.6 Å². The maximum atomic E-state index is 14.5. The van der Waals surface area contributed by atoms with E-state index < -0.39 is 0 Å². The molecule has 0 bridgehead atoms. The van der Waals surface area contributed by atoms with Gasteiger partial charge in [-0.25, -0.2) is 4.39 Å². The third kappa shape index (κ3) is 5.26. The van der Waals surface area contributed by atoms with Gasteiger partial charge >= 0.3 is 0 Å². The highest BCUT2D eigenvalue weighted by atomic mass is 32.1. The van der Waals surface area contributed by atoms with E-state index in [-0.39, 0.29) is 17.8 Å². The molecule has 182 valence electrons. The first-order chi connectivity index (χ1) is 16.4. The van der Waals surface area contributed by atoms with Crippen LogP contribution in [0.3, 0.4) is 0 Å². The monoisotopic (exact) mass is 482 g/mol. The molecule has 0 aliphatic carbocycles. The number of thiophene rings is 1. The second-order valence-electron chi connectivity index (χ2n) is 9.37. The van der Waals surface area contributed by atoms with Crippen molar-refractivity contribution in [2.24, 2.45) is 5.92 Å². The number of aromatic nitrogens is 2. The molecule has 1 aliphatic heterocycles. The molecule has 2 aromatic heterocycles. The van der Waals surface area contributed by atoms with Gasteiger partial charge in [0.2, 0.25) is 0 Å². The Morgan fingerprint density at radius 3 is 2.59 bits per heavy atom. The summed E-state index contributed by atoms with van der Waals surface area (Å²) in [6, 6.07) is 8.77. The molecule has 1 aliphatic rings. The summed E-state index contributed by atoms with van der Waals surface area (Å²) in [6.07, 6.45) is 2.51. The van der Waals surface area contributed by atoms with Crippen LogP contribution >= 0.6 is 11.3 Å². The fraction of sp³-hybridized carbons (Fsp3) is 0.481. The van der Waals surface area contributed by atoms with Gasteiger partial charge in [0.05, 0.1) is 11.3 Å². The van der Waals surface area contributed by atoms with Gasteiger partial charge in [0.25, 0.3) is 5.91 Å². The van der Waals surface area contributed by atoms with Crippen molar-refractivity contribution in [3.05, 3.63) is 75.0 Å². The quantitative estimate of drug-likeness (QED) is 0.437. The molecule has 5 nitrogen and oxygen atoms in total. The summed E-state index contributed by atoms with van der Waals surface area (Å²) in [5.74, 6) is 0.146. The summed E-state index contributed by atoms with van der Waals surface area (Å²) >= 11 is 1.52. The van der Waals surface area contributed by atoms with Gasteiger partial charge in [0.15, 0.2) is 0 Å². The second kappa shape index (κ2) is 10.8. The topological polar surface area (TPSA) is 41.4 Å². The third-order valence-electron chi connectivity index (χ3n) is 7.36. The van der Waals surface area contributed by atoms with E-state index in [4.69, 9.17) is 0 Å². The molecule has 3 heterocycles. The van der Waals surface area contributed by atoms with Gasteiger partial charge in [-0.1, -0.05) is 18.2 Å². The highest BCUT2D eigenvalue weighted by molar-refractivity contribution is 7.08. The number of aryl methyl sites for hydroxylation is 2. The molecule has 4 rings (SSSR count). The molecule has 0 N–H and O–H groups in total. The van der Waals surface area contributed by atoms with Crippen LogP contribution < -0.4 is 0 Å². The minimum atomic E-state index is -0.194. The Hall–Kier alpha value is -2.51. The van der Waals surface area contributed by atoms with E-state index in [0.717, 1.165) is 44.7 Å². The lowest BCUT2D eigenvalue weighted by Crippen LogP contribution is -2.47. The van der Waals surface area contributed by atoms with E-state index >= 15 is 0 Å². The predicted octanol–water partition coefficient (Wildman–Crippen LogP) is 5.32. The van der Waals surface area contributed by atoms with Crippen molar-refractivity contribution in [1.29, 1.82) is 0 Å². The van der Waals surface area contributed by atoms with E-state index in [1.807, 2.05) is 40.9 Å². The third-order valence-corrected chi connectivity index (χ3v) is 8.05. The lowest BCUT2D eigenvalue weighted by Gasteiger charge is -2.40. The Labute approximate surface area is 206 Å². The minimum Gasteiger partial charge on any atom is -0.338 e. The first-order valence-corrected chi connectivity index (χ1v) is 13.1. The molecule has 1 aromatic carbocycles. The molecule has 34 heavy (non-hydrogen) atoms. The van der Waals surface area contributed by atoms with Crippen molar-refractivity contribution in [3.63, 3.8) is 0 Å². The summed E-state index contributed by atoms with van der Waals surface area (Å²) in [5, 5.41) is 8.49. The van der Waals surface area contributed by atoms with Gasteiger partial charge in [-0.15, -0.1) is 0 Å². The number of halogens is 1. The number of likely N-dealkylation sites (N-methyl/N-ethyl adjacent to an activating group) is 1. The van der Waals surface area contributed by atoms with Gasteiger partial charge in [-0.3, -0.25) is 14.4 Å². The Morgan fingerprint density at radius 1 is 1.24 bits per heavy atom. The zero-order valence-corrected chi connectivity index (χ0v) is 21.4. The van der Waals surface area contributed by atoms with E-state index in [1.165, 1.54) is 28.7 Å². The molecular weight excluding hydrogens is 447 g/mol.